The monoisotopic (exact) mass is 438 g/mol. The number of hydrogen-bond acceptors (Lipinski definition) is 9. The van der Waals surface area contributed by atoms with E-state index in [4.69, 9.17) is 28.6 Å². The summed E-state index contributed by atoms with van der Waals surface area (Å²) in [5.41, 5.74) is -0.883. The van der Waals surface area contributed by atoms with Crippen molar-refractivity contribution < 1.29 is 22.7 Å². The van der Waals surface area contributed by atoms with E-state index in [1.807, 2.05) is 4.72 Å². The van der Waals surface area contributed by atoms with Crippen LogP contribution in [-0.2, 0) is 26.5 Å². The third-order valence-corrected chi connectivity index (χ3v) is 6.72. The van der Waals surface area contributed by atoms with Gasteiger partial charge >= 0.3 is 11.7 Å². The molecular weight excluding hydrogens is 428 g/mol. The molecule has 140 valence electrons. The minimum Gasteiger partial charge on any atom is -0.465 e. The number of carbonyl (C=O) groups excluding carboxylic acids is 1. The number of halogens is 1. The molecule has 2 aromatic heterocycles. The van der Waals surface area contributed by atoms with Crippen LogP contribution in [0.15, 0.2) is 15.1 Å². The average molecular weight is 439 g/mol. The summed E-state index contributed by atoms with van der Waals surface area (Å²) < 4.78 is 38.7. The van der Waals surface area contributed by atoms with E-state index in [0.29, 0.717) is 12.4 Å². The average Bonchev–Trinajstić information content (AvgIpc) is 3.27. The van der Waals surface area contributed by atoms with Gasteiger partial charge in [0.15, 0.2) is 5.82 Å². The van der Waals surface area contributed by atoms with E-state index in [-0.39, 0.29) is 16.0 Å². The first-order chi connectivity index (χ1) is 12.2. The molecule has 1 atom stereocenters. The van der Waals surface area contributed by atoms with Gasteiger partial charge < -0.3 is 9.47 Å². The van der Waals surface area contributed by atoms with Crippen LogP contribution in [0.2, 0.25) is 4.34 Å². The molecule has 1 saturated heterocycles. The third-order valence-electron chi connectivity index (χ3n) is 3.43. The minimum absolute atomic E-state index is 0.152. The number of nitrogens with zero attached hydrogens (tertiary/aromatic N) is 3. The maximum atomic E-state index is 12.6. The summed E-state index contributed by atoms with van der Waals surface area (Å²) in [6.45, 7) is 0.412. The van der Waals surface area contributed by atoms with Crippen molar-refractivity contribution in [1.29, 1.82) is 0 Å². The molecular formula is C12H11ClN4O6S3. The second kappa shape index (κ2) is 6.74. The van der Waals surface area contributed by atoms with Crippen LogP contribution in [0.3, 0.4) is 0 Å². The topological polar surface area (TPSA) is 125 Å². The molecule has 1 aliphatic rings. The largest absolute Gasteiger partial charge is 0.465 e. The lowest BCUT2D eigenvalue weighted by molar-refractivity contribution is 0.0597. The molecule has 1 unspecified atom stereocenters. The molecule has 0 aliphatic carbocycles. The van der Waals surface area contributed by atoms with Crippen LogP contribution in [0, 0.1) is 0 Å². The standard InChI is InChI=1S/C12H11ClN4O6S3/c1-16-9(6-3-23-6)14-17(12(16)19)11(24)15-26(20,21)7-5(10(18)22-2)4-25-8(7)13/h4,6H,3H2,1-2H3,(H,15,24). The van der Waals surface area contributed by atoms with Gasteiger partial charge in [-0.3, -0.25) is 9.29 Å². The maximum Gasteiger partial charge on any atom is 0.352 e. The number of epoxide rings is 1. The summed E-state index contributed by atoms with van der Waals surface area (Å²) in [6, 6.07) is 0. The molecule has 3 heterocycles. The first kappa shape index (κ1) is 19.0. The Morgan fingerprint density at radius 1 is 1.58 bits per heavy atom. The normalized spacial score (nSPS) is 16.3. The van der Waals surface area contributed by atoms with Gasteiger partial charge in [0.25, 0.3) is 10.0 Å². The van der Waals surface area contributed by atoms with E-state index in [9.17, 15) is 18.0 Å². The lowest BCUT2D eigenvalue weighted by Crippen LogP contribution is -2.40. The Bertz CT molecular complexity index is 1070. The van der Waals surface area contributed by atoms with E-state index in [2.05, 4.69) is 9.84 Å². The van der Waals surface area contributed by atoms with Gasteiger partial charge in [-0.2, -0.15) is 4.68 Å². The smallest absolute Gasteiger partial charge is 0.352 e. The third kappa shape index (κ3) is 3.27. The number of carbonyl (C=O) groups is 1. The predicted octanol–water partition coefficient (Wildman–Crippen LogP) is 0.266. The molecule has 1 aliphatic heterocycles. The number of thiocarbonyl (C=S) groups is 1. The summed E-state index contributed by atoms with van der Waals surface area (Å²) in [6.07, 6.45) is -0.328. The van der Waals surface area contributed by atoms with Crippen molar-refractivity contribution in [2.45, 2.75) is 11.0 Å². The Hall–Kier alpha value is -1.80. The van der Waals surface area contributed by atoms with Gasteiger partial charge in [0.05, 0.1) is 19.3 Å². The number of hydrogen-bond donors (Lipinski definition) is 1. The fourth-order valence-electron chi connectivity index (χ4n) is 2.10. The van der Waals surface area contributed by atoms with Gasteiger partial charge in [0.1, 0.15) is 15.3 Å². The predicted molar refractivity (Wildman–Crippen MR) is 95.1 cm³/mol. The molecule has 3 rings (SSSR count). The van der Waals surface area contributed by atoms with Crippen molar-refractivity contribution >= 4 is 56.3 Å². The highest BCUT2D eigenvalue weighted by atomic mass is 35.5. The summed E-state index contributed by atoms with van der Waals surface area (Å²) in [4.78, 5) is 23.5. The Balaban J connectivity index is 1.95. The summed E-state index contributed by atoms with van der Waals surface area (Å²) in [5, 5.41) is 4.75. The molecule has 2 aromatic rings. The highest BCUT2D eigenvalue weighted by molar-refractivity contribution is 7.92. The van der Waals surface area contributed by atoms with Crippen molar-refractivity contribution in [2.24, 2.45) is 7.05 Å². The number of thiophene rings is 1. The lowest BCUT2D eigenvalue weighted by atomic mass is 10.3. The molecule has 14 heteroatoms. The first-order valence-corrected chi connectivity index (χ1v) is 10.0. The van der Waals surface area contributed by atoms with Crippen molar-refractivity contribution in [1.82, 2.24) is 19.1 Å². The zero-order valence-electron chi connectivity index (χ0n) is 13.3. The number of nitrogens with one attached hydrogen (secondary N) is 1. The Labute approximate surface area is 161 Å². The van der Waals surface area contributed by atoms with Crippen LogP contribution in [0.1, 0.15) is 22.3 Å². The molecule has 0 saturated carbocycles. The van der Waals surface area contributed by atoms with E-state index in [1.165, 1.54) is 17.0 Å². The highest BCUT2D eigenvalue weighted by Crippen LogP contribution is 2.32. The van der Waals surface area contributed by atoms with Crippen molar-refractivity contribution in [2.75, 3.05) is 13.7 Å². The number of rotatable bonds is 4. The molecule has 0 aromatic carbocycles. The highest BCUT2D eigenvalue weighted by Gasteiger charge is 2.33. The van der Waals surface area contributed by atoms with E-state index < -0.39 is 31.7 Å². The summed E-state index contributed by atoms with van der Waals surface area (Å²) >= 11 is 11.7. The number of methoxy groups -OCH3 is 1. The molecule has 1 fully saturated rings. The van der Waals surface area contributed by atoms with Crippen LogP contribution in [0.4, 0.5) is 0 Å². The zero-order chi connectivity index (χ0) is 19.2. The van der Waals surface area contributed by atoms with Gasteiger partial charge in [-0.25, -0.2) is 18.0 Å². The van der Waals surface area contributed by atoms with Crippen LogP contribution >= 0.6 is 35.2 Å². The SMILES string of the molecule is COC(=O)c1csc(Cl)c1S(=O)(=O)NC(=S)n1nc(C2CO2)n(C)c1=O. The molecule has 0 radical (unpaired) electrons. The van der Waals surface area contributed by atoms with Crippen molar-refractivity contribution in [3.8, 4) is 0 Å². The first-order valence-electron chi connectivity index (χ1n) is 6.87. The van der Waals surface area contributed by atoms with Crippen LogP contribution in [0.25, 0.3) is 0 Å². The van der Waals surface area contributed by atoms with Gasteiger partial charge in [-0.15, -0.1) is 16.4 Å². The summed E-state index contributed by atoms with van der Waals surface area (Å²) in [5.74, 6) is -0.553. The fraction of sp³-hybridized carbons (Fsp3) is 0.333. The van der Waals surface area contributed by atoms with E-state index in [0.717, 1.165) is 23.1 Å². The Morgan fingerprint density at radius 2 is 2.23 bits per heavy atom. The molecule has 1 N–H and O–H groups in total. The second-order valence-electron chi connectivity index (χ2n) is 5.09. The fourth-order valence-corrected chi connectivity index (χ4v) is 5.35. The number of esters is 1. The number of aromatic nitrogens is 3. The van der Waals surface area contributed by atoms with Gasteiger partial charge in [-0.05, 0) is 12.2 Å². The van der Waals surface area contributed by atoms with Gasteiger partial charge in [0.2, 0.25) is 5.11 Å². The quantitative estimate of drug-likeness (QED) is 0.409. The van der Waals surface area contributed by atoms with Crippen LogP contribution < -0.4 is 10.4 Å². The van der Waals surface area contributed by atoms with E-state index in [1.54, 1.807) is 0 Å². The number of sulfonamides is 1. The molecule has 0 spiro atoms. The second-order valence-corrected chi connectivity index (χ2v) is 8.58. The Kier molecular flexibility index (Phi) is 4.92. The zero-order valence-corrected chi connectivity index (χ0v) is 16.5. The van der Waals surface area contributed by atoms with Crippen molar-refractivity contribution in [3.63, 3.8) is 0 Å². The van der Waals surface area contributed by atoms with Crippen LogP contribution in [-0.4, -0.2) is 47.6 Å². The maximum absolute atomic E-state index is 12.6. The van der Waals surface area contributed by atoms with Crippen LogP contribution in [0.5, 0.6) is 0 Å². The minimum atomic E-state index is -4.36. The van der Waals surface area contributed by atoms with Gasteiger partial charge in [0, 0.05) is 12.4 Å². The lowest BCUT2D eigenvalue weighted by Gasteiger charge is -2.09. The summed E-state index contributed by atoms with van der Waals surface area (Å²) in [7, 11) is -1.79. The van der Waals surface area contributed by atoms with E-state index >= 15 is 0 Å². The number of ether oxygens (including phenoxy) is 2. The molecule has 10 nitrogen and oxygen atoms in total. The molecule has 0 bridgehead atoms. The Morgan fingerprint density at radius 3 is 2.81 bits per heavy atom. The van der Waals surface area contributed by atoms with Gasteiger partial charge in [-0.1, -0.05) is 11.6 Å². The van der Waals surface area contributed by atoms with Crippen molar-refractivity contribution in [3.05, 3.63) is 31.6 Å². The molecule has 26 heavy (non-hydrogen) atoms. The molecule has 0 amide bonds.